The van der Waals surface area contributed by atoms with Crippen molar-refractivity contribution in [1.82, 2.24) is 0 Å². The van der Waals surface area contributed by atoms with Crippen molar-refractivity contribution in [3.8, 4) is 0 Å². The fourth-order valence-electron chi connectivity index (χ4n) is 7.25. The van der Waals surface area contributed by atoms with Crippen molar-refractivity contribution in [3.63, 3.8) is 0 Å². The zero-order chi connectivity index (χ0) is 23.4. The predicted molar refractivity (Wildman–Crippen MR) is 155 cm³/mol. The number of hydrogen-bond donors (Lipinski definition) is 0. The molecule has 8 aromatic carbocycles. The molecule has 0 amide bonds. The van der Waals surface area contributed by atoms with Crippen molar-refractivity contribution in [2.45, 2.75) is 25.7 Å². The Balaban J connectivity index is 1.41. The Bertz CT molecular complexity index is 1830. The summed E-state index contributed by atoms with van der Waals surface area (Å²) >= 11 is 0. The topological polar surface area (TPSA) is 0 Å². The third kappa shape index (κ3) is 2.39. The number of aryl methyl sites for hydroxylation is 4. The summed E-state index contributed by atoms with van der Waals surface area (Å²) in [6.45, 7) is 0. The Hall–Kier alpha value is -4.16. The second-order valence-corrected chi connectivity index (χ2v) is 10.7. The summed E-state index contributed by atoms with van der Waals surface area (Å²) in [5.74, 6) is 0. The minimum absolute atomic E-state index is 1.05. The van der Waals surface area contributed by atoms with Crippen LogP contribution in [0.2, 0.25) is 0 Å². The van der Waals surface area contributed by atoms with Crippen LogP contribution in [0.25, 0.3) is 64.6 Å². The van der Waals surface area contributed by atoms with Gasteiger partial charge >= 0.3 is 0 Å². The fourth-order valence-corrected chi connectivity index (χ4v) is 7.25. The predicted octanol–water partition coefficient (Wildman–Crippen LogP) is 9.37. The molecule has 0 spiro atoms. The highest BCUT2D eigenvalue weighted by molar-refractivity contribution is 6.25. The highest BCUT2D eigenvalue weighted by atomic mass is 14.2. The maximum absolute atomic E-state index is 2.37. The molecule has 0 unspecified atom stereocenters. The van der Waals surface area contributed by atoms with Gasteiger partial charge in [0.15, 0.2) is 0 Å². The number of rotatable bonds is 0. The van der Waals surface area contributed by atoms with Crippen LogP contribution in [-0.2, 0) is 25.7 Å². The van der Waals surface area contributed by atoms with E-state index in [1.165, 1.54) is 86.9 Å². The van der Waals surface area contributed by atoms with E-state index in [4.69, 9.17) is 0 Å². The molecule has 1 aliphatic rings. The molecule has 0 atom stereocenters. The molecule has 9 rings (SSSR count). The molecule has 0 heteroatoms. The van der Waals surface area contributed by atoms with Gasteiger partial charge in [0.05, 0.1) is 0 Å². The molecule has 12 bridgehead atoms. The second kappa shape index (κ2) is 6.74. The Labute approximate surface area is 209 Å². The molecule has 36 heavy (non-hydrogen) atoms. The van der Waals surface area contributed by atoms with Gasteiger partial charge in [-0.2, -0.15) is 0 Å². The molecule has 168 valence electrons. The molecule has 0 saturated heterocycles. The molecule has 8 aromatic rings. The van der Waals surface area contributed by atoms with Gasteiger partial charge in [-0.15, -0.1) is 0 Å². The lowest BCUT2D eigenvalue weighted by molar-refractivity contribution is 0.977. The largest absolute Gasteiger partial charge is 0.0578 e. The fraction of sp³-hybridized carbons (Fsp3) is 0.111. The summed E-state index contributed by atoms with van der Waals surface area (Å²) in [5, 5.41) is 16.9. The van der Waals surface area contributed by atoms with Gasteiger partial charge in [0.25, 0.3) is 0 Å². The quantitative estimate of drug-likeness (QED) is 0.199. The first-order valence-corrected chi connectivity index (χ1v) is 13.2. The smallest absolute Gasteiger partial charge is 0.00239 e. The Kier molecular flexibility index (Phi) is 3.57. The monoisotopic (exact) mass is 456 g/mol. The molecular formula is C36H24. The normalized spacial score (nSPS) is 14.2. The first-order chi connectivity index (χ1) is 17.8. The molecule has 0 N–H and O–H groups in total. The van der Waals surface area contributed by atoms with Crippen LogP contribution in [0.5, 0.6) is 0 Å². The molecule has 0 radical (unpaired) electrons. The first-order valence-electron chi connectivity index (χ1n) is 13.2. The van der Waals surface area contributed by atoms with Crippen LogP contribution < -0.4 is 0 Å². The van der Waals surface area contributed by atoms with Crippen LogP contribution in [0.4, 0.5) is 0 Å². The highest BCUT2D eigenvalue weighted by Crippen LogP contribution is 2.41. The SMILES string of the molecule is c1cc2ccc3c4ccc5ccc(c1CCc1ccc6ccc7c(ccc8ccc1c6c87)CC4)c2c53. The van der Waals surface area contributed by atoms with Crippen molar-refractivity contribution in [3.05, 3.63) is 119 Å². The van der Waals surface area contributed by atoms with Crippen LogP contribution in [-0.4, -0.2) is 0 Å². The lowest BCUT2D eigenvalue weighted by Crippen LogP contribution is -1.99. The molecule has 0 saturated carbocycles. The van der Waals surface area contributed by atoms with E-state index in [0.717, 1.165) is 25.7 Å². The first kappa shape index (κ1) is 19.1. The summed E-state index contributed by atoms with van der Waals surface area (Å²) in [4.78, 5) is 0. The van der Waals surface area contributed by atoms with Gasteiger partial charge in [0.1, 0.15) is 0 Å². The van der Waals surface area contributed by atoms with Crippen molar-refractivity contribution in [1.29, 1.82) is 0 Å². The van der Waals surface area contributed by atoms with E-state index >= 15 is 0 Å². The van der Waals surface area contributed by atoms with E-state index < -0.39 is 0 Å². The van der Waals surface area contributed by atoms with Gasteiger partial charge in [0, 0.05) is 0 Å². The average molecular weight is 457 g/mol. The molecule has 1 aliphatic carbocycles. The molecule has 0 nitrogen and oxygen atoms in total. The second-order valence-electron chi connectivity index (χ2n) is 10.7. The van der Waals surface area contributed by atoms with E-state index in [9.17, 15) is 0 Å². The van der Waals surface area contributed by atoms with Gasteiger partial charge in [-0.3, -0.25) is 0 Å². The highest BCUT2D eigenvalue weighted by Gasteiger charge is 2.17. The van der Waals surface area contributed by atoms with Crippen molar-refractivity contribution in [2.24, 2.45) is 0 Å². The van der Waals surface area contributed by atoms with Crippen LogP contribution in [0.15, 0.2) is 97.1 Å². The third-order valence-electron chi connectivity index (χ3n) is 9.02. The summed E-state index contributed by atoms with van der Waals surface area (Å²) in [7, 11) is 0. The summed E-state index contributed by atoms with van der Waals surface area (Å²) in [5.41, 5.74) is 5.84. The van der Waals surface area contributed by atoms with Gasteiger partial charge in [-0.1, -0.05) is 97.1 Å². The van der Waals surface area contributed by atoms with Crippen LogP contribution >= 0.6 is 0 Å². The van der Waals surface area contributed by atoms with Gasteiger partial charge in [-0.25, -0.2) is 0 Å². The van der Waals surface area contributed by atoms with Crippen molar-refractivity contribution < 1.29 is 0 Å². The molecular weight excluding hydrogens is 432 g/mol. The third-order valence-corrected chi connectivity index (χ3v) is 9.02. The molecule has 0 fully saturated rings. The maximum atomic E-state index is 2.37. The minimum atomic E-state index is 1.05. The summed E-state index contributed by atoms with van der Waals surface area (Å²) in [6, 6.07) is 37.7. The standard InChI is InChI=1S/C36H24/c1-2-22-6-10-26-16-20-32-24(8-12-28-14-18-30(22)34(26)36(28)32)4-3-23-7-11-27-13-17-29-21(1)5-9-25-15-19-31(23)35(27)33(25)29/h5-20H,1-4H2. The van der Waals surface area contributed by atoms with E-state index in [1.807, 2.05) is 0 Å². The summed E-state index contributed by atoms with van der Waals surface area (Å²) < 4.78 is 0. The number of benzene rings is 8. The Morgan fingerprint density at radius 3 is 0.722 bits per heavy atom. The lowest BCUT2D eigenvalue weighted by atomic mass is 9.85. The zero-order valence-corrected chi connectivity index (χ0v) is 20.1. The Morgan fingerprint density at radius 2 is 0.472 bits per heavy atom. The molecule has 0 aliphatic heterocycles. The maximum Gasteiger partial charge on any atom is -0.00239 e. The van der Waals surface area contributed by atoms with Crippen LogP contribution in [0.1, 0.15) is 22.3 Å². The number of hydrogen-bond acceptors (Lipinski definition) is 0. The lowest BCUT2D eigenvalue weighted by Gasteiger charge is -2.19. The molecule has 0 aromatic heterocycles. The molecule has 0 heterocycles. The van der Waals surface area contributed by atoms with Crippen LogP contribution in [0, 0.1) is 0 Å². The van der Waals surface area contributed by atoms with Gasteiger partial charge in [0.2, 0.25) is 0 Å². The zero-order valence-electron chi connectivity index (χ0n) is 20.1. The van der Waals surface area contributed by atoms with Crippen LogP contribution in [0.3, 0.4) is 0 Å². The summed E-state index contributed by atoms with van der Waals surface area (Å²) in [6.07, 6.45) is 4.21. The Morgan fingerprint density at radius 1 is 0.250 bits per heavy atom. The van der Waals surface area contributed by atoms with Gasteiger partial charge < -0.3 is 0 Å². The van der Waals surface area contributed by atoms with Crippen molar-refractivity contribution >= 4 is 64.6 Å². The average Bonchev–Trinajstić information content (AvgIpc) is 2.93. The van der Waals surface area contributed by atoms with E-state index in [-0.39, 0.29) is 0 Å². The van der Waals surface area contributed by atoms with E-state index in [1.54, 1.807) is 0 Å². The van der Waals surface area contributed by atoms with Gasteiger partial charge in [-0.05, 0) is 113 Å². The van der Waals surface area contributed by atoms with E-state index in [0.29, 0.717) is 0 Å². The van der Waals surface area contributed by atoms with Crippen molar-refractivity contribution in [2.75, 3.05) is 0 Å². The van der Waals surface area contributed by atoms with E-state index in [2.05, 4.69) is 97.1 Å². The minimum Gasteiger partial charge on any atom is -0.0578 e.